The quantitative estimate of drug-likeness (QED) is 0.609. The fourth-order valence-electron chi connectivity index (χ4n) is 2.76. The largest absolute Gasteiger partial charge is 0.478 e. The van der Waals surface area contributed by atoms with E-state index in [9.17, 15) is 13.8 Å². The summed E-state index contributed by atoms with van der Waals surface area (Å²) in [6.07, 6.45) is 0.568. The minimum absolute atomic E-state index is 0.0599. The molecule has 0 bridgehead atoms. The van der Waals surface area contributed by atoms with Crippen molar-refractivity contribution in [2.45, 2.75) is 18.0 Å². The van der Waals surface area contributed by atoms with Crippen LogP contribution >= 0.6 is 11.3 Å². The second kappa shape index (κ2) is 8.49. The lowest BCUT2D eigenvalue weighted by Gasteiger charge is -2.25. The Morgan fingerprint density at radius 1 is 1.13 bits per heavy atom. The number of nitrogens with one attached hydrogen (secondary N) is 1. The molecule has 0 aliphatic carbocycles. The Labute approximate surface area is 179 Å². The summed E-state index contributed by atoms with van der Waals surface area (Å²) in [5.74, 6) is 4.97. The van der Waals surface area contributed by atoms with Crippen molar-refractivity contribution in [3.05, 3.63) is 76.3 Å². The van der Waals surface area contributed by atoms with Crippen LogP contribution in [0.25, 0.3) is 0 Å². The van der Waals surface area contributed by atoms with E-state index in [1.807, 2.05) is 30.3 Å². The highest BCUT2D eigenvalue weighted by Crippen LogP contribution is 2.33. The molecule has 2 aromatic carbocycles. The van der Waals surface area contributed by atoms with Crippen LogP contribution in [0.15, 0.2) is 59.6 Å². The zero-order chi connectivity index (χ0) is 21.1. The number of hydrogen-bond donors (Lipinski definition) is 2. The lowest BCUT2D eigenvalue weighted by molar-refractivity contribution is 0.0697. The van der Waals surface area contributed by atoms with Crippen LogP contribution in [0.3, 0.4) is 0 Å². The number of thiazole rings is 1. The number of rotatable bonds is 4. The topological polar surface area (TPSA) is 99.6 Å². The van der Waals surface area contributed by atoms with Gasteiger partial charge in [0, 0.05) is 6.42 Å². The average Bonchev–Trinajstić information content (AvgIpc) is 3.15. The molecule has 7 nitrogen and oxygen atoms in total. The first-order chi connectivity index (χ1) is 14.5. The van der Waals surface area contributed by atoms with Crippen LogP contribution in [-0.4, -0.2) is 30.6 Å². The number of carbonyl (C=O) groups is 2. The van der Waals surface area contributed by atoms with Crippen LogP contribution in [0.1, 0.15) is 26.5 Å². The molecule has 30 heavy (non-hydrogen) atoms. The number of aromatic nitrogens is 1. The number of fused-ring (bicyclic) bond motifs is 1. The normalized spacial score (nSPS) is 15.0. The summed E-state index contributed by atoms with van der Waals surface area (Å²) < 4.78 is 14.0. The molecule has 1 aliphatic heterocycles. The maximum atomic E-state index is 12.9. The Morgan fingerprint density at radius 2 is 1.87 bits per heavy atom. The predicted octanol–water partition coefficient (Wildman–Crippen LogP) is 3.51. The molecule has 1 aromatic heterocycles. The number of amides is 2. The second-order valence-electron chi connectivity index (χ2n) is 6.34. The third-order valence-electron chi connectivity index (χ3n) is 4.27. The molecule has 1 unspecified atom stereocenters. The number of aromatic carboxylic acids is 1. The maximum absolute atomic E-state index is 12.9. The lowest BCUT2D eigenvalue weighted by atomic mass is 10.1. The molecule has 0 fully saturated rings. The third-order valence-corrected chi connectivity index (χ3v) is 6.60. The van der Waals surface area contributed by atoms with Crippen molar-refractivity contribution in [3.63, 3.8) is 0 Å². The van der Waals surface area contributed by atoms with Crippen molar-refractivity contribution < 1.29 is 18.9 Å². The van der Waals surface area contributed by atoms with Crippen LogP contribution in [0, 0.1) is 11.8 Å². The van der Waals surface area contributed by atoms with E-state index in [-0.39, 0.29) is 17.1 Å². The van der Waals surface area contributed by atoms with Gasteiger partial charge in [-0.25, -0.2) is 23.1 Å². The van der Waals surface area contributed by atoms with Crippen molar-refractivity contribution in [1.29, 1.82) is 0 Å². The van der Waals surface area contributed by atoms with Gasteiger partial charge in [-0.05, 0) is 29.2 Å². The molecule has 150 valence electrons. The molecule has 4 rings (SSSR count). The molecule has 0 spiro atoms. The fraction of sp³-hybridized carbons (Fsp3) is 0.0952. The number of nitrogens with zero attached hydrogens (tertiary/aromatic N) is 2. The summed E-state index contributed by atoms with van der Waals surface area (Å²) in [7, 11) is -1.78. The minimum atomic E-state index is -1.78. The van der Waals surface area contributed by atoms with Gasteiger partial charge in [0.05, 0.1) is 12.1 Å². The molecule has 9 heteroatoms. The van der Waals surface area contributed by atoms with E-state index in [1.165, 1.54) is 23.5 Å². The third kappa shape index (κ3) is 4.25. The van der Waals surface area contributed by atoms with E-state index in [0.717, 1.165) is 9.87 Å². The van der Waals surface area contributed by atoms with E-state index in [1.54, 1.807) is 12.1 Å². The summed E-state index contributed by atoms with van der Waals surface area (Å²) in [6.45, 7) is 0.0599. The number of anilines is 1. The highest BCUT2D eigenvalue weighted by molar-refractivity contribution is 7.83. The minimum Gasteiger partial charge on any atom is -0.478 e. The van der Waals surface area contributed by atoms with E-state index in [0.29, 0.717) is 22.0 Å². The Hall–Kier alpha value is -3.48. The van der Waals surface area contributed by atoms with E-state index < -0.39 is 23.0 Å². The molecule has 1 aliphatic rings. The second-order valence-corrected chi connectivity index (χ2v) is 8.66. The molecule has 1 atom stereocenters. The van der Waals surface area contributed by atoms with Gasteiger partial charge in [0.15, 0.2) is 21.0 Å². The Morgan fingerprint density at radius 3 is 2.57 bits per heavy atom. The van der Waals surface area contributed by atoms with Gasteiger partial charge in [0.2, 0.25) is 0 Å². The molecular formula is C21H15N3O4S2. The maximum Gasteiger partial charge on any atom is 0.335 e. The molecular weight excluding hydrogens is 422 g/mol. The number of benzene rings is 2. The van der Waals surface area contributed by atoms with Gasteiger partial charge < -0.3 is 5.11 Å². The van der Waals surface area contributed by atoms with Crippen LogP contribution in [0.2, 0.25) is 0 Å². The monoisotopic (exact) mass is 437 g/mol. The molecule has 2 heterocycles. The number of carbonyl (C=O) groups excluding carboxylic acids is 1. The van der Waals surface area contributed by atoms with Gasteiger partial charge in [-0.2, -0.15) is 0 Å². The highest BCUT2D eigenvalue weighted by Gasteiger charge is 2.33. The fourth-order valence-corrected chi connectivity index (χ4v) is 4.93. The van der Waals surface area contributed by atoms with Crippen molar-refractivity contribution in [1.82, 2.24) is 9.29 Å². The van der Waals surface area contributed by atoms with Crippen molar-refractivity contribution in [2.75, 3.05) is 5.32 Å². The van der Waals surface area contributed by atoms with E-state index in [2.05, 4.69) is 22.1 Å². The van der Waals surface area contributed by atoms with Gasteiger partial charge in [-0.3, -0.25) is 5.32 Å². The number of hydrogen-bond acceptors (Lipinski definition) is 5. The number of carboxylic acid groups (broad SMARTS) is 1. The zero-order valence-corrected chi connectivity index (χ0v) is 17.1. The lowest BCUT2D eigenvalue weighted by Crippen LogP contribution is -2.39. The van der Waals surface area contributed by atoms with E-state index in [4.69, 9.17) is 5.11 Å². The number of urea groups is 1. The first-order valence-corrected chi connectivity index (χ1v) is 10.8. The van der Waals surface area contributed by atoms with Gasteiger partial charge in [-0.15, -0.1) is 0 Å². The molecule has 3 aromatic rings. The van der Waals surface area contributed by atoms with E-state index >= 15 is 0 Å². The summed E-state index contributed by atoms with van der Waals surface area (Å²) in [5, 5.41) is 12.9. The SMILES string of the molecule is O=C(O)c1ccc(CN2C(=O)Nc3sc(C#CCc4ccccc4)nc3S2=O)cc1. The predicted molar refractivity (Wildman–Crippen MR) is 114 cm³/mol. The number of carboxylic acids is 1. The Bertz CT molecular complexity index is 1190. The first kappa shape index (κ1) is 19.8. The highest BCUT2D eigenvalue weighted by atomic mass is 32.2. The van der Waals surface area contributed by atoms with Gasteiger partial charge in [0.1, 0.15) is 5.00 Å². The standard InChI is InChI=1S/C21H15N3O4S2/c25-20(26)16-11-9-15(10-12-16)13-24-21(27)23-18-19(30(24)28)22-17(29-18)8-4-7-14-5-2-1-3-6-14/h1-3,5-6,9-12H,7,13H2,(H,23,27)(H,25,26). The Balaban J connectivity index is 1.50. The first-order valence-electron chi connectivity index (χ1n) is 8.87. The van der Waals surface area contributed by atoms with Crippen molar-refractivity contribution >= 4 is 39.3 Å². The average molecular weight is 438 g/mol. The molecule has 0 saturated heterocycles. The van der Waals surface area contributed by atoms with Crippen LogP contribution in [0.5, 0.6) is 0 Å². The molecule has 0 saturated carbocycles. The van der Waals surface area contributed by atoms with Gasteiger partial charge in [-0.1, -0.05) is 59.7 Å². The molecule has 2 amide bonds. The van der Waals surface area contributed by atoms with Crippen molar-refractivity contribution in [2.24, 2.45) is 0 Å². The summed E-state index contributed by atoms with van der Waals surface area (Å²) in [4.78, 5) is 27.7. The van der Waals surface area contributed by atoms with Crippen LogP contribution in [-0.2, 0) is 24.0 Å². The molecule has 2 N–H and O–H groups in total. The zero-order valence-electron chi connectivity index (χ0n) is 15.5. The molecule has 0 radical (unpaired) electrons. The Kier molecular flexibility index (Phi) is 5.61. The van der Waals surface area contributed by atoms with Crippen LogP contribution < -0.4 is 5.32 Å². The van der Waals surface area contributed by atoms with Gasteiger partial charge in [0.25, 0.3) is 0 Å². The van der Waals surface area contributed by atoms with Crippen molar-refractivity contribution in [3.8, 4) is 11.8 Å². The summed E-state index contributed by atoms with van der Waals surface area (Å²) >= 11 is 1.19. The summed E-state index contributed by atoms with van der Waals surface area (Å²) in [5.41, 5.74) is 1.89. The smallest absolute Gasteiger partial charge is 0.335 e. The van der Waals surface area contributed by atoms with Gasteiger partial charge >= 0.3 is 12.0 Å². The van der Waals surface area contributed by atoms with Crippen LogP contribution in [0.4, 0.5) is 9.80 Å². The summed E-state index contributed by atoms with van der Waals surface area (Å²) in [6, 6.07) is 15.4.